The molecule has 0 spiro atoms. The number of aromatic nitrogens is 2. The number of nitrogens with zero attached hydrogens (tertiary/aromatic N) is 2. The Morgan fingerprint density at radius 1 is 1.53 bits per heavy atom. The summed E-state index contributed by atoms with van der Waals surface area (Å²) in [6, 6.07) is 0. The second-order valence-electron chi connectivity index (χ2n) is 3.93. The summed E-state index contributed by atoms with van der Waals surface area (Å²) in [4.78, 5) is 4.24. The maximum Gasteiger partial charge on any atom is 0.209 e. The highest BCUT2D eigenvalue weighted by Crippen LogP contribution is 1.98. The van der Waals surface area contributed by atoms with Crippen molar-refractivity contribution in [3.05, 3.63) is 18.2 Å². The Labute approximate surface area is 102 Å². The molecule has 0 atom stereocenters. The smallest absolute Gasteiger partial charge is 0.209 e. The monoisotopic (exact) mass is 260 g/mol. The molecule has 1 rings (SSSR count). The molecule has 6 nitrogen and oxygen atoms in total. The third-order valence-corrected chi connectivity index (χ3v) is 3.19. The van der Waals surface area contributed by atoms with E-state index in [2.05, 4.69) is 21.8 Å². The lowest BCUT2D eigenvalue weighted by Gasteiger charge is -2.07. The second-order valence-corrected chi connectivity index (χ2v) is 5.67. The van der Waals surface area contributed by atoms with E-state index < -0.39 is 10.0 Å². The minimum atomic E-state index is -3.34. The molecular weight excluding hydrogens is 240 g/mol. The topological polar surface area (TPSA) is 90.0 Å². The van der Waals surface area contributed by atoms with Gasteiger partial charge in [0.1, 0.15) is 5.82 Å². The number of sulfonamides is 1. The highest BCUT2D eigenvalue weighted by atomic mass is 32.2. The summed E-state index contributed by atoms with van der Waals surface area (Å²) in [5.41, 5.74) is 0. The lowest BCUT2D eigenvalue weighted by molar-refractivity contribution is 0.575. The van der Waals surface area contributed by atoms with E-state index in [1.165, 1.54) is 0 Å². The van der Waals surface area contributed by atoms with Crippen LogP contribution in [0.3, 0.4) is 0 Å². The van der Waals surface area contributed by atoms with Gasteiger partial charge in [-0.2, -0.15) is 0 Å². The zero-order valence-corrected chi connectivity index (χ0v) is 10.9. The van der Waals surface area contributed by atoms with Gasteiger partial charge in [0.05, 0.1) is 12.3 Å². The average molecular weight is 260 g/mol. The van der Waals surface area contributed by atoms with Gasteiger partial charge in [-0.1, -0.05) is 6.92 Å². The number of imidazole rings is 1. The predicted octanol–water partition coefficient (Wildman–Crippen LogP) is 0.0613. The molecule has 1 aromatic heterocycles. The third kappa shape index (κ3) is 5.81. The minimum Gasteiger partial charge on any atom is -0.334 e. The van der Waals surface area contributed by atoms with Gasteiger partial charge >= 0.3 is 0 Å². The third-order valence-electron chi connectivity index (χ3n) is 2.33. The molecule has 0 saturated heterocycles. The largest absolute Gasteiger partial charge is 0.334 e. The molecule has 0 radical (unpaired) electrons. The van der Waals surface area contributed by atoms with Crippen molar-refractivity contribution in [2.75, 3.05) is 12.3 Å². The number of hydrogen-bond acceptors (Lipinski definition) is 4. The molecule has 3 N–H and O–H groups in total. The number of nitrogens with one attached hydrogen (secondary N) is 1. The molecule has 98 valence electrons. The molecule has 0 aromatic carbocycles. The van der Waals surface area contributed by atoms with E-state index in [-0.39, 0.29) is 5.75 Å². The van der Waals surface area contributed by atoms with Crippen LogP contribution in [0.5, 0.6) is 0 Å². The molecule has 7 heteroatoms. The van der Waals surface area contributed by atoms with Crippen LogP contribution >= 0.6 is 0 Å². The van der Waals surface area contributed by atoms with Crippen LogP contribution in [0.15, 0.2) is 12.4 Å². The van der Waals surface area contributed by atoms with Gasteiger partial charge < -0.3 is 9.88 Å². The molecule has 0 amide bonds. The Hall–Kier alpha value is -0.920. The molecule has 0 aliphatic carbocycles. The van der Waals surface area contributed by atoms with E-state index in [9.17, 15) is 8.42 Å². The summed E-state index contributed by atoms with van der Waals surface area (Å²) in [7, 11) is -3.34. The van der Waals surface area contributed by atoms with Gasteiger partial charge in [0.2, 0.25) is 10.0 Å². The molecule has 0 bridgehead atoms. The number of aryl methyl sites for hydroxylation is 1. The number of nitrogens with two attached hydrogens (primary N) is 1. The molecule has 0 aliphatic heterocycles. The van der Waals surface area contributed by atoms with Crippen molar-refractivity contribution in [2.24, 2.45) is 5.14 Å². The summed E-state index contributed by atoms with van der Waals surface area (Å²) < 4.78 is 23.5. The summed E-state index contributed by atoms with van der Waals surface area (Å²) in [5.74, 6) is 0.992. The first kappa shape index (κ1) is 14.1. The maximum atomic E-state index is 10.7. The van der Waals surface area contributed by atoms with Gasteiger partial charge in [0.15, 0.2) is 0 Å². The zero-order valence-electron chi connectivity index (χ0n) is 10.1. The highest BCUT2D eigenvalue weighted by Gasteiger charge is 2.03. The number of rotatable bonds is 8. The van der Waals surface area contributed by atoms with Crippen LogP contribution in [0.4, 0.5) is 0 Å². The molecule has 17 heavy (non-hydrogen) atoms. The molecular formula is C10H20N4O2S. The first-order valence-corrected chi connectivity index (χ1v) is 7.45. The number of primary sulfonamides is 1. The Morgan fingerprint density at radius 3 is 2.94 bits per heavy atom. The van der Waals surface area contributed by atoms with Crippen molar-refractivity contribution in [2.45, 2.75) is 32.9 Å². The van der Waals surface area contributed by atoms with Gasteiger partial charge in [-0.15, -0.1) is 0 Å². The van der Waals surface area contributed by atoms with Crippen LogP contribution in [-0.4, -0.2) is 30.3 Å². The fraction of sp³-hybridized carbons (Fsp3) is 0.700. The van der Waals surface area contributed by atoms with Gasteiger partial charge in [-0.25, -0.2) is 18.5 Å². The minimum absolute atomic E-state index is 0.0173. The standard InChI is InChI=1S/C10H20N4O2S/c1-2-6-14-7-5-13-10(14)9-12-4-3-8-17(11,15)16/h5,7,12H,2-4,6,8-9H2,1H3,(H2,11,15,16). The van der Waals surface area contributed by atoms with Crippen molar-refractivity contribution in [3.8, 4) is 0 Å². The predicted molar refractivity (Wildman–Crippen MR) is 66.8 cm³/mol. The fourth-order valence-corrected chi connectivity index (χ4v) is 2.10. The van der Waals surface area contributed by atoms with Crippen LogP contribution in [0, 0.1) is 0 Å². The van der Waals surface area contributed by atoms with Crippen LogP contribution in [0.1, 0.15) is 25.6 Å². The Morgan fingerprint density at radius 2 is 2.29 bits per heavy atom. The van der Waals surface area contributed by atoms with E-state index in [0.29, 0.717) is 19.5 Å². The van der Waals surface area contributed by atoms with E-state index in [4.69, 9.17) is 5.14 Å². The van der Waals surface area contributed by atoms with E-state index >= 15 is 0 Å². The van der Waals surface area contributed by atoms with Crippen LogP contribution in [0.25, 0.3) is 0 Å². The van der Waals surface area contributed by atoms with E-state index in [1.54, 1.807) is 6.20 Å². The van der Waals surface area contributed by atoms with Crippen LogP contribution in [-0.2, 0) is 23.1 Å². The van der Waals surface area contributed by atoms with Crippen molar-refractivity contribution < 1.29 is 8.42 Å². The van der Waals surface area contributed by atoms with Gasteiger partial charge in [-0.05, 0) is 19.4 Å². The summed E-state index contributed by atoms with van der Waals surface area (Å²) >= 11 is 0. The molecule has 0 aliphatic rings. The Balaban J connectivity index is 2.24. The van der Waals surface area contributed by atoms with Crippen molar-refractivity contribution in [1.82, 2.24) is 14.9 Å². The first-order valence-electron chi connectivity index (χ1n) is 5.74. The fourth-order valence-electron chi connectivity index (χ4n) is 1.55. The SMILES string of the molecule is CCCn1ccnc1CNCCCS(N)(=O)=O. The van der Waals surface area contributed by atoms with Gasteiger partial charge in [-0.3, -0.25) is 0 Å². The number of hydrogen-bond donors (Lipinski definition) is 2. The van der Waals surface area contributed by atoms with E-state index in [1.807, 2.05) is 6.20 Å². The molecule has 0 unspecified atom stereocenters. The van der Waals surface area contributed by atoms with Gasteiger partial charge in [0.25, 0.3) is 0 Å². The zero-order chi connectivity index (χ0) is 12.7. The van der Waals surface area contributed by atoms with Crippen molar-refractivity contribution in [1.29, 1.82) is 0 Å². The maximum absolute atomic E-state index is 10.7. The lowest BCUT2D eigenvalue weighted by atomic mass is 10.4. The summed E-state index contributed by atoms with van der Waals surface area (Å²) in [5, 5.41) is 8.06. The Kier molecular flexibility index (Phi) is 5.60. The summed E-state index contributed by atoms with van der Waals surface area (Å²) in [6.45, 7) is 4.34. The second kappa shape index (κ2) is 6.73. The first-order chi connectivity index (χ1) is 8.03. The van der Waals surface area contributed by atoms with Crippen molar-refractivity contribution in [3.63, 3.8) is 0 Å². The van der Waals surface area contributed by atoms with Crippen LogP contribution in [0.2, 0.25) is 0 Å². The summed E-state index contributed by atoms with van der Waals surface area (Å²) in [6.07, 6.45) is 5.31. The normalized spacial score (nSPS) is 11.9. The lowest BCUT2D eigenvalue weighted by Crippen LogP contribution is -2.23. The molecule has 1 aromatic rings. The Bertz CT molecular complexity index is 427. The molecule has 1 heterocycles. The quantitative estimate of drug-likeness (QED) is 0.647. The van der Waals surface area contributed by atoms with E-state index in [0.717, 1.165) is 18.8 Å². The van der Waals surface area contributed by atoms with Crippen molar-refractivity contribution >= 4 is 10.0 Å². The van der Waals surface area contributed by atoms with Crippen LogP contribution < -0.4 is 10.5 Å². The highest BCUT2D eigenvalue weighted by molar-refractivity contribution is 7.89. The molecule has 0 saturated carbocycles. The molecule has 0 fully saturated rings. The average Bonchev–Trinajstić information content (AvgIpc) is 2.64. The van der Waals surface area contributed by atoms with Gasteiger partial charge in [0, 0.05) is 18.9 Å².